The summed E-state index contributed by atoms with van der Waals surface area (Å²) in [5.74, 6) is -0.767. The fraction of sp³-hybridized carbons (Fsp3) is 0.333. The molecule has 2 aromatic rings. The van der Waals surface area contributed by atoms with E-state index in [4.69, 9.17) is 16.3 Å². The van der Waals surface area contributed by atoms with Crippen LogP contribution in [0.5, 0.6) is 0 Å². The van der Waals surface area contributed by atoms with E-state index >= 15 is 0 Å². The number of hydrogen-bond donors (Lipinski definition) is 1. The number of benzene rings is 2. The van der Waals surface area contributed by atoms with Gasteiger partial charge in [0, 0.05) is 15.4 Å². The van der Waals surface area contributed by atoms with Gasteiger partial charge in [-0.2, -0.15) is 0 Å². The van der Waals surface area contributed by atoms with E-state index in [1.165, 1.54) is 24.3 Å². The van der Waals surface area contributed by atoms with Crippen molar-refractivity contribution in [2.24, 2.45) is 0 Å². The molecule has 0 heterocycles. The van der Waals surface area contributed by atoms with E-state index in [0.29, 0.717) is 16.9 Å². The average molecular weight is 515 g/mol. The highest BCUT2D eigenvalue weighted by Gasteiger charge is 2.73. The zero-order chi connectivity index (χ0) is 22.3. The van der Waals surface area contributed by atoms with Crippen LogP contribution in [-0.2, 0) is 19.4 Å². The number of alkyl carbamates (subject to hydrolysis) is 1. The smallest absolute Gasteiger partial charge is 0.408 e. The molecule has 1 aliphatic carbocycles. The Kier molecular flexibility index (Phi) is 6.06. The van der Waals surface area contributed by atoms with E-state index in [2.05, 4.69) is 21.2 Å². The molecule has 1 aliphatic rings. The van der Waals surface area contributed by atoms with E-state index in [1.54, 1.807) is 45.0 Å². The fourth-order valence-electron chi connectivity index (χ4n) is 3.50. The molecule has 0 bridgehead atoms. The van der Waals surface area contributed by atoms with E-state index in [1.807, 2.05) is 0 Å². The zero-order valence-electron chi connectivity index (χ0n) is 16.6. The van der Waals surface area contributed by atoms with Gasteiger partial charge in [0.1, 0.15) is 22.7 Å². The number of amides is 1. The molecule has 0 radical (unpaired) electrons. The Hall–Kier alpha value is -1.90. The predicted octanol–water partition coefficient (Wildman–Crippen LogP) is 4.50. The Morgan fingerprint density at radius 1 is 1.13 bits per heavy atom. The predicted molar refractivity (Wildman–Crippen MR) is 117 cm³/mol. The van der Waals surface area contributed by atoms with Gasteiger partial charge < -0.3 is 14.8 Å². The van der Waals surface area contributed by atoms with Gasteiger partial charge in [-0.1, -0.05) is 39.7 Å². The lowest BCUT2D eigenvalue weighted by molar-refractivity contribution is -0.110. The van der Waals surface area contributed by atoms with Gasteiger partial charge >= 0.3 is 6.09 Å². The summed E-state index contributed by atoms with van der Waals surface area (Å²) in [5, 5.41) is 1.74. The Morgan fingerprint density at radius 3 is 2.20 bits per heavy atom. The number of rotatable bonds is 5. The molecule has 2 aromatic carbocycles. The quantitative estimate of drug-likeness (QED) is 0.593. The molecular weight excluding hydrogens is 494 g/mol. The van der Waals surface area contributed by atoms with Gasteiger partial charge in [0.25, 0.3) is 0 Å². The third-order valence-electron chi connectivity index (χ3n) is 4.80. The van der Waals surface area contributed by atoms with Gasteiger partial charge in [0.15, 0.2) is 9.84 Å². The van der Waals surface area contributed by atoms with Crippen molar-refractivity contribution in [1.29, 1.82) is 0 Å². The highest BCUT2D eigenvalue weighted by molar-refractivity contribution is 9.10. The highest BCUT2D eigenvalue weighted by atomic mass is 79.9. The third-order valence-corrected chi connectivity index (χ3v) is 7.84. The van der Waals surface area contributed by atoms with Crippen molar-refractivity contribution in [2.75, 3.05) is 0 Å². The highest BCUT2D eigenvalue weighted by Crippen LogP contribution is 2.56. The number of halogens is 2. The van der Waals surface area contributed by atoms with Gasteiger partial charge in [0.05, 0.1) is 4.90 Å². The molecule has 9 heteroatoms. The number of nitrogens with one attached hydrogen (secondary N) is 1. The van der Waals surface area contributed by atoms with Gasteiger partial charge in [-0.15, -0.1) is 0 Å². The Bertz CT molecular complexity index is 1060. The second-order valence-corrected chi connectivity index (χ2v) is 11.5. The summed E-state index contributed by atoms with van der Waals surface area (Å²) in [6.45, 7) is 5.05. The summed E-state index contributed by atoms with van der Waals surface area (Å²) in [5.41, 5.74) is -1.83. The van der Waals surface area contributed by atoms with Gasteiger partial charge in [-0.05, 0) is 62.7 Å². The van der Waals surface area contributed by atoms with E-state index < -0.39 is 38.2 Å². The molecule has 0 spiro atoms. The van der Waals surface area contributed by atoms with Crippen LogP contribution in [0.1, 0.15) is 32.3 Å². The Labute approximate surface area is 189 Å². The molecule has 0 aliphatic heterocycles. The van der Waals surface area contributed by atoms with Crippen molar-refractivity contribution in [1.82, 2.24) is 5.32 Å². The van der Waals surface area contributed by atoms with Gasteiger partial charge in [-0.3, -0.25) is 0 Å². The van der Waals surface area contributed by atoms with Crippen molar-refractivity contribution in [2.45, 2.75) is 48.0 Å². The molecule has 0 aromatic heterocycles. The molecular formula is C21H21BrClNO5S. The Balaban J connectivity index is 2.04. The molecule has 3 atom stereocenters. The van der Waals surface area contributed by atoms with Crippen LogP contribution in [0.25, 0.3) is 0 Å². The first-order chi connectivity index (χ1) is 13.9. The van der Waals surface area contributed by atoms with Crippen LogP contribution in [0.15, 0.2) is 57.9 Å². The molecule has 6 nitrogen and oxygen atoms in total. The number of hydrogen-bond acceptors (Lipinski definition) is 5. The van der Waals surface area contributed by atoms with Crippen LogP contribution in [0.2, 0.25) is 5.02 Å². The van der Waals surface area contributed by atoms with Crippen LogP contribution in [0.4, 0.5) is 4.79 Å². The summed E-state index contributed by atoms with van der Waals surface area (Å²) in [6.07, 6.45) is -0.368. The van der Waals surface area contributed by atoms with E-state index in [0.717, 1.165) is 4.47 Å². The molecule has 160 valence electrons. The molecule has 1 saturated carbocycles. The maximum Gasteiger partial charge on any atom is 0.408 e. The van der Waals surface area contributed by atoms with Crippen LogP contribution in [0, 0.1) is 0 Å². The fourth-order valence-corrected chi connectivity index (χ4v) is 6.14. The summed E-state index contributed by atoms with van der Waals surface area (Å²) in [4.78, 5) is 24.7. The SMILES string of the molecule is CC(C)(C)OC(=O)N[C@@]1(C=O)[C@H](c2ccc(Br)cc2)[C@@H]1S(=O)(=O)c1ccc(Cl)cc1. The van der Waals surface area contributed by atoms with Crippen molar-refractivity contribution < 1.29 is 22.7 Å². The topological polar surface area (TPSA) is 89.5 Å². The lowest BCUT2D eigenvalue weighted by Crippen LogP contribution is -2.45. The van der Waals surface area contributed by atoms with Crippen molar-refractivity contribution in [3.63, 3.8) is 0 Å². The molecule has 1 fully saturated rings. The maximum atomic E-state index is 13.4. The van der Waals surface area contributed by atoms with Crippen molar-refractivity contribution in [3.8, 4) is 0 Å². The summed E-state index contributed by atoms with van der Waals surface area (Å²) >= 11 is 9.22. The second kappa shape index (κ2) is 7.98. The number of carbonyl (C=O) groups is 2. The van der Waals surface area contributed by atoms with Crippen molar-refractivity contribution >= 4 is 49.7 Å². The standard InChI is InChI=1S/C21H21BrClNO5S/c1-20(2,3)29-19(26)24-21(12-25)17(13-4-6-14(22)7-5-13)18(21)30(27,28)16-10-8-15(23)9-11-16/h4-12,17-18H,1-3H3,(H,24,26)/t17-,18+,21+/m1/s1. The first-order valence-corrected chi connectivity index (χ1v) is 11.8. The van der Waals surface area contributed by atoms with Crippen LogP contribution < -0.4 is 5.32 Å². The summed E-state index contributed by atoms with van der Waals surface area (Å²) in [7, 11) is -3.97. The number of sulfone groups is 1. The number of ether oxygens (including phenoxy) is 1. The molecule has 0 unspecified atom stereocenters. The normalized spacial score (nSPS) is 23.5. The van der Waals surface area contributed by atoms with Crippen LogP contribution in [0.3, 0.4) is 0 Å². The van der Waals surface area contributed by atoms with Gasteiger partial charge in [0.2, 0.25) is 0 Å². The lowest BCUT2D eigenvalue weighted by Gasteiger charge is -2.22. The monoisotopic (exact) mass is 513 g/mol. The minimum atomic E-state index is -3.97. The maximum absolute atomic E-state index is 13.4. The lowest BCUT2D eigenvalue weighted by atomic mass is 10.1. The molecule has 3 rings (SSSR count). The number of aldehydes is 1. The Morgan fingerprint density at radius 2 is 1.70 bits per heavy atom. The molecule has 30 heavy (non-hydrogen) atoms. The summed E-state index contributed by atoms with van der Waals surface area (Å²) < 4.78 is 32.9. The average Bonchev–Trinajstić information content (AvgIpc) is 3.30. The minimum Gasteiger partial charge on any atom is -0.444 e. The second-order valence-electron chi connectivity index (χ2n) is 8.13. The van der Waals surface area contributed by atoms with Gasteiger partial charge in [-0.25, -0.2) is 13.2 Å². The molecule has 0 saturated heterocycles. The zero-order valence-corrected chi connectivity index (χ0v) is 19.7. The van der Waals surface area contributed by atoms with Crippen LogP contribution >= 0.6 is 27.5 Å². The van der Waals surface area contributed by atoms with E-state index in [-0.39, 0.29) is 4.90 Å². The minimum absolute atomic E-state index is 0.0220. The largest absolute Gasteiger partial charge is 0.444 e. The van der Waals surface area contributed by atoms with Crippen LogP contribution in [-0.4, -0.2) is 37.2 Å². The van der Waals surface area contributed by atoms with E-state index in [9.17, 15) is 18.0 Å². The third kappa shape index (κ3) is 4.40. The number of carbonyl (C=O) groups excluding carboxylic acids is 2. The first-order valence-electron chi connectivity index (χ1n) is 9.13. The molecule has 1 amide bonds. The summed E-state index contributed by atoms with van der Waals surface area (Å²) in [6, 6.07) is 12.7. The first kappa shape index (κ1) is 22.8. The molecule has 1 N–H and O–H groups in total. The van der Waals surface area contributed by atoms with Crippen molar-refractivity contribution in [3.05, 3.63) is 63.6 Å².